The summed E-state index contributed by atoms with van der Waals surface area (Å²) in [6, 6.07) is 13.0. The van der Waals surface area contributed by atoms with Gasteiger partial charge in [0.05, 0.1) is 0 Å². The van der Waals surface area contributed by atoms with Crippen LogP contribution < -0.4 is 0 Å². The molecule has 1 N–H and O–H groups in total. The zero-order valence-electron chi connectivity index (χ0n) is 12.1. The fraction of sp³-hybridized carbons (Fsp3) is 0.235. The monoisotopic (exact) mass is 347 g/mol. The number of aromatic hydroxyl groups is 1. The number of hydrogen-bond donors (Lipinski definition) is 1. The quantitative estimate of drug-likeness (QED) is 0.831. The number of halogens is 1. The van der Waals surface area contributed by atoms with Gasteiger partial charge in [0.15, 0.2) is 5.78 Å². The van der Waals surface area contributed by atoms with Crippen molar-refractivity contribution in [1.29, 1.82) is 0 Å². The molecule has 0 spiro atoms. The minimum Gasteiger partial charge on any atom is -0.508 e. The molecule has 0 atom stereocenters. The smallest absolute Gasteiger partial charge is 0.159 e. The molecule has 0 bridgehead atoms. The Balaban J connectivity index is 2.12. The highest BCUT2D eigenvalue weighted by Gasteiger charge is 2.10. The number of phenols is 1. The molecule has 0 saturated heterocycles. The first-order valence-electron chi connectivity index (χ1n) is 6.72. The predicted octanol–water partition coefficient (Wildman–Crippen LogP) is 3.99. The average molecular weight is 348 g/mol. The summed E-state index contributed by atoms with van der Waals surface area (Å²) in [6.07, 6.45) is 0. The van der Waals surface area contributed by atoms with Crippen LogP contribution in [0.1, 0.15) is 28.4 Å². The van der Waals surface area contributed by atoms with E-state index in [4.69, 9.17) is 0 Å². The van der Waals surface area contributed by atoms with Crippen LogP contribution in [0.25, 0.3) is 0 Å². The van der Waals surface area contributed by atoms with E-state index in [-0.39, 0.29) is 11.5 Å². The summed E-state index contributed by atoms with van der Waals surface area (Å²) in [7, 11) is 1.99. The number of hydrogen-bond acceptors (Lipinski definition) is 3. The van der Waals surface area contributed by atoms with Gasteiger partial charge in [-0.15, -0.1) is 0 Å². The Kier molecular flexibility index (Phi) is 5.15. The molecule has 2 aromatic carbocycles. The van der Waals surface area contributed by atoms with Crippen molar-refractivity contribution in [2.75, 3.05) is 7.05 Å². The molecule has 0 aromatic heterocycles. The second-order valence-corrected chi connectivity index (χ2v) is 6.02. The molecule has 0 aliphatic carbocycles. The van der Waals surface area contributed by atoms with Crippen molar-refractivity contribution in [2.45, 2.75) is 20.0 Å². The molecule has 0 radical (unpaired) electrons. The van der Waals surface area contributed by atoms with Gasteiger partial charge < -0.3 is 5.11 Å². The molecule has 0 heterocycles. The Morgan fingerprint density at radius 2 is 1.81 bits per heavy atom. The van der Waals surface area contributed by atoms with Gasteiger partial charge in [-0.3, -0.25) is 9.69 Å². The lowest BCUT2D eigenvalue weighted by atomic mass is 10.1. The van der Waals surface area contributed by atoms with Gasteiger partial charge in [0.1, 0.15) is 5.75 Å². The Hall–Kier alpha value is -1.65. The Morgan fingerprint density at radius 1 is 1.14 bits per heavy atom. The molecule has 2 aromatic rings. The van der Waals surface area contributed by atoms with Crippen LogP contribution in [0.2, 0.25) is 0 Å². The molecule has 3 nitrogen and oxygen atoms in total. The van der Waals surface area contributed by atoms with Gasteiger partial charge in [0.25, 0.3) is 0 Å². The summed E-state index contributed by atoms with van der Waals surface area (Å²) in [5.41, 5.74) is 2.57. The van der Waals surface area contributed by atoms with E-state index in [0.717, 1.165) is 16.6 Å². The third-order valence-corrected chi connectivity index (χ3v) is 4.10. The van der Waals surface area contributed by atoms with E-state index >= 15 is 0 Å². The second-order valence-electron chi connectivity index (χ2n) is 5.16. The largest absolute Gasteiger partial charge is 0.508 e. The van der Waals surface area contributed by atoms with Crippen LogP contribution in [0.4, 0.5) is 0 Å². The molecule has 110 valence electrons. The normalized spacial score (nSPS) is 10.9. The number of ketones is 1. The van der Waals surface area contributed by atoms with Crippen molar-refractivity contribution in [1.82, 2.24) is 4.90 Å². The van der Waals surface area contributed by atoms with Gasteiger partial charge in [0, 0.05) is 28.7 Å². The molecule has 4 heteroatoms. The minimum atomic E-state index is 0.00436. The maximum atomic E-state index is 11.4. The van der Waals surface area contributed by atoms with Crippen LogP contribution in [-0.4, -0.2) is 22.8 Å². The number of Topliss-reactive ketones (excluding diaryl/α,β-unsaturated/α-hetero) is 1. The first kappa shape index (κ1) is 15.7. The highest BCUT2D eigenvalue weighted by molar-refractivity contribution is 9.10. The summed E-state index contributed by atoms with van der Waals surface area (Å²) in [5, 5.41) is 9.94. The van der Waals surface area contributed by atoms with Gasteiger partial charge in [-0.1, -0.05) is 34.1 Å². The zero-order valence-corrected chi connectivity index (χ0v) is 13.7. The van der Waals surface area contributed by atoms with E-state index in [1.54, 1.807) is 18.2 Å². The number of carbonyl (C=O) groups is 1. The molecule has 0 aliphatic heterocycles. The lowest BCUT2D eigenvalue weighted by molar-refractivity contribution is 0.101. The lowest BCUT2D eigenvalue weighted by Crippen LogP contribution is -2.17. The highest BCUT2D eigenvalue weighted by atomic mass is 79.9. The fourth-order valence-electron chi connectivity index (χ4n) is 2.20. The maximum Gasteiger partial charge on any atom is 0.159 e. The van der Waals surface area contributed by atoms with Crippen molar-refractivity contribution in [2.24, 2.45) is 0 Å². The van der Waals surface area contributed by atoms with E-state index in [0.29, 0.717) is 12.1 Å². The van der Waals surface area contributed by atoms with Crippen LogP contribution in [0.5, 0.6) is 5.75 Å². The Bertz CT molecular complexity index is 655. The molecular formula is C17H18BrNO2. The number of nitrogens with zero attached hydrogens (tertiary/aromatic N) is 1. The first-order valence-corrected chi connectivity index (χ1v) is 7.51. The summed E-state index contributed by atoms with van der Waals surface area (Å²) < 4.78 is 1.07. The van der Waals surface area contributed by atoms with E-state index in [1.807, 2.05) is 25.2 Å². The van der Waals surface area contributed by atoms with Crippen LogP contribution in [-0.2, 0) is 13.1 Å². The van der Waals surface area contributed by atoms with E-state index in [9.17, 15) is 9.90 Å². The van der Waals surface area contributed by atoms with Gasteiger partial charge in [-0.25, -0.2) is 0 Å². The van der Waals surface area contributed by atoms with E-state index < -0.39 is 0 Å². The number of phenolic OH excluding ortho intramolecular Hbond substituents is 1. The van der Waals surface area contributed by atoms with Crippen LogP contribution >= 0.6 is 15.9 Å². The second kappa shape index (κ2) is 6.87. The molecule has 0 aliphatic rings. The molecule has 0 amide bonds. The van der Waals surface area contributed by atoms with E-state index in [1.165, 1.54) is 12.5 Å². The van der Waals surface area contributed by atoms with Crippen LogP contribution in [0.15, 0.2) is 46.9 Å². The maximum absolute atomic E-state index is 11.4. The highest BCUT2D eigenvalue weighted by Crippen LogP contribution is 2.22. The molecule has 2 rings (SSSR count). The van der Waals surface area contributed by atoms with Gasteiger partial charge in [-0.2, -0.15) is 0 Å². The summed E-state index contributed by atoms with van der Waals surface area (Å²) in [6.45, 7) is 2.86. The fourth-order valence-corrected chi connectivity index (χ4v) is 2.61. The van der Waals surface area contributed by atoms with Gasteiger partial charge in [0.2, 0.25) is 0 Å². The number of benzene rings is 2. The zero-order chi connectivity index (χ0) is 15.4. The summed E-state index contributed by atoms with van der Waals surface area (Å²) in [4.78, 5) is 13.5. The third kappa shape index (κ3) is 4.16. The third-order valence-electron chi connectivity index (χ3n) is 3.32. The number of rotatable bonds is 5. The molecule has 0 saturated carbocycles. The summed E-state index contributed by atoms with van der Waals surface area (Å²) in [5.74, 6) is 0.226. The standard InChI is InChI=1S/C17H18BrNO2/c1-12(20)13-7-8-17(21)15(9-13)11-19(2)10-14-5-3-4-6-16(14)18/h3-9,21H,10-11H2,1-2H3. The number of carbonyl (C=O) groups excluding carboxylic acids is 1. The van der Waals surface area contributed by atoms with Crippen molar-refractivity contribution in [3.8, 4) is 5.75 Å². The Morgan fingerprint density at radius 3 is 2.48 bits per heavy atom. The van der Waals surface area contributed by atoms with Gasteiger partial charge in [-0.05, 0) is 43.8 Å². The minimum absolute atomic E-state index is 0.00436. The molecule has 21 heavy (non-hydrogen) atoms. The van der Waals surface area contributed by atoms with Crippen molar-refractivity contribution < 1.29 is 9.90 Å². The van der Waals surface area contributed by atoms with Crippen molar-refractivity contribution >= 4 is 21.7 Å². The topological polar surface area (TPSA) is 40.5 Å². The average Bonchev–Trinajstić information content (AvgIpc) is 2.43. The predicted molar refractivity (Wildman–Crippen MR) is 87.4 cm³/mol. The molecule has 0 fully saturated rings. The van der Waals surface area contributed by atoms with Crippen molar-refractivity contribution in [3.63, 3.8) is 0 Å². The van der Waals surface area contributed by atoms with Gasteiger partial charge >= 0.3 is 0 Å². The SMILES string of the molecule is CC(=O)c1ccc(O)c(CN(C)Cc2ccccc2Br)c1. The van der Waals surface area contributed by atoms with Crippen LogP contribution in [0.3, 0.4) is 0 Å². The summed E-state index contributed by atoms with van der Waals surface area (Å²) >= 11 is 3.53. The molecule has 0 unspecified atom stereocenters. The Labute approximate surface area is 133 Å². The molecular weight excluding hydrogens is 330 g/mol. The van der Waals surface area contributed by atoms with Crippen LogP contribution in [0, 0.1) is 0 Å². The van der Waals surface area contributed by atoms with E-state index in [2.05, 4.69) is 26.9 Å². The first-order chi connectivity index (χ1) is 9.97. The van der Waals surface area contributed by atoms with Crippen molar-refractivity contribution in [3.05, 3.63) is 63.6 Å². The lowest BCUT2D eigenvalue weighted by Gasteiger charge is -2.18.